The zero-order chi connectivity index (χ0) is 38.0. The van der Waals surface area contributed by atoms with Gasteiger partial charge in [-0.15, -0.1) is 0 Å². The number of likely N-dealkylation sites (N-methyl/N-ethyl adjacent to an activating group) is 1. The Morgan fingerprint density at radius 1 is 0.745 bits per heavy atom. The molecule has 274 valence electrons. The van der Waals surface area contributed by atoms with Crippen molar-refractivity contribution in [2.45, 2.75) is 32.5 Å². The highest BCUT2D eigenvalue weighted by atomic mass is 15.3. The fraction of sp³-hybridized carbons (Fsp3) is 0.227. The van der Waals surface area contributed by atoms with Crippen molar-refractivity contribution in [3.63, 3.8) is 0 Å². The molecule has 1 fully saturated rings. The van der Waals surface area contributed by atoms with E-state index in [0.717, 1.165) is 65.4 Å². The van der Waals surface area contributed by atoms with E-state index in [9.17, 15) is 0 Å². The number of benzene rings is 4. The molecule has 7 aromatic rings. The molecule has 3 aromatic heterocycles. The van der Waals surface area contributed by atoms with Crippen molar-refractivity contribution in [2.24, 2.45) is 0 Å². The van der Waals surface area contributed by atoms with E-state index < -0.39 is 0 Å². The van der Waals surface area contributed by atoms with Gasteiger partial charge in [-0.1, -0.05) is 85.8 Å². The summed E-state index contributed by atoms with van der Waals surface area (Å²) in [6, 6.07) is 40.4. The summed E-state index contributed by atoms with van der Waals surface area (Å²) in [5.74, 6) is 0.849. The molecule has 11 nitrogen and oxygen atoms in total. The normalized spacial score (nSPS) is 13.8. The van der Waals surface area contributed by atoms with Crippen LogP contribution in [0.25, 0.3) is 22.3 Å². The van der Waals surface area contributed by atoms with Crippen LogP contribution in [0.4, 0.5) is 5.82 Å². The number of hydrogen-bond acceptors (Lipinski definition) is 9. The number of nitrogens with one attached hydrogen (secondary N) is 2. The predicted molar refractivity (Wildman–Crippen MR) is 215 cm³/mol. The third-order valence-electron chi connectivity index (χ3n) is 10.1. The molecule has 0 spiro atoms. The fourth-order valence-electron chi connectivity index (χ4n) is 6.88. The van der Waals surface area contributed by atoms with Gasteiger partial charge in [0.2, 0.25) is 0 Å². The standard InChI is InChI=1S/C27H32N6.C17H11N5/c1-3-32-13-15-33(16-14-32)18-21-9-11-23(12-10-21)25-17-24-26(28-19-29-27(24)31-25)30-20(2)22-7-5-4-6-8-22;18-9-13-1-5-15(6-2-13)17(22-12-20-11-21-22)16-7-3-14(10-19)4-8-16/h4-12,17,19-20H,3,13-16,18H2,1-2H3,(H2,28,29,30,31);1-8,11-12,17H. The second-order valence-electron chi connectivity index (χ2n) is 13.6. The monoisotopic (exact) mass is 725 g/mol. The van der Waals surface area contributed by atoms with E-state index in [-0.39, 0.29) is 12.1 Å². The van der Waals surface area contributed by atoms with Crippen LogP contribution >= 0.6 is 0 Å². The number of rotatable bonds is 10. The predicted octanol–water partition coefficient (Wildman–Crippen LogP) is 7.59. The molecule has 8 rings (SSSR count). The van der Waals surface area contributed by atoms with Crippen LogP contribution in [0.5, 0.6) is 0 Å². The van der Waals surface area contributed by atoms with Gasteiger partial charge in [0.05, 0.1) is 28.7 Å². The lowest BCUT2D eigenvalue weighted by molar-refractivity contribution is 0.132. The summed E-state index contributed by atoms with van der Waals surface area (Å²) in [6.07, 6.45) is 4.76. The lowest BCUT2D eigenvalue weighted by atomic mass is 9.97. The summed E-state index contributed by atoms with van der Waals surface area (Å²) in [4.78, 5) is 21.5. The molecule has 1 unspecified atom stereocenters. The third-order valence-corrected chi connectivity index (χ3v) is 10.1. The van der Waals surface area contributed by atoms with Gasteiger partial charge in [-0.2, -0.15) is 15.6 Å². The molecule has 4 aromatic carbocycles. The minimum Gasteiger partial charge on any atom is -0.363 e. The van der Waals surface area contributed by atoms with Gasteiger partial charge >= 0.3 is 0 Å². The molecule has 4 heterocycles. The lowest BCUT2D eigenvalue weighted by Crippen LogP contribution is -2.45. The molecule has 2 N–H and O–H groups in total. The maximum absolute atomic E-state index is 8.92. The lowest BCUT2D eigenvalue weighted by Gasteiger charge is -2.34. The first-order valence-corrected chi connectivity index (χ1v) is 18.5. The molecule has 1 atom stereocenters. The third kappa shape index (κ3) is 8.94. The van der Waals surface area contributed by atoms with Crippen LogP contribution in [0.2, 0.25) is 0 Å². The van der Waals surface area contributed by atoms with Crippen molar-refractivity contribution < 1.29 is 0 Å². The summed E-state index contributed by atoms with van der Waals surface area (Å²) >= 11 is 0. The first kappa shape index (κ1) is 36.7. The molecule has 0 amide bonds. The molecule has 0 bridgehead atoms. The molecule has 1 aliphatic rings. The van der Waals surface area contributed by atoms with Gasteiger partial charge in [0, 0.05) is 44.5 Å². The maximum atomic E-state index is 8.92. The average molecular weight is 726 g/mol. The molecule has 1 aliphatic heterocycles. The summed E-state index contributed by atoms with van der Waals surface area (Å²) in [6.45, 7) is 11.2. The Labute approximate surface area is 321 Å². The number of nitrogens with zero attached hydrogens (tertiary/aromatic N) is 9. The van der Waals surface area contributed by atoms with Gasteiger partial charge in [0.15, 0.2) is 0 Å². The molecule has 0 radical (unpaired) electrons. The molecule has 55 heavy (non-hydrogen) atoms. The second-order valence-corrected chi connectivity index (χ2v) is 13.6. The van der Waals surface area contributed by atoms with Crippen molar-refractivity contribution in [2.75, 3.05) is 38.0 Å². The Bertz CT molecular complexity index is 2290. The van der Waals surface area contributed by atoms with E-state index in [1.54, 1.807) is 41.6 Å². The second kappa shape index (κ2) is 17.4. The molecule has 1 saturated heterocycles. The Balaban J connectivity index is 0.000000184. The topological polar surface area (TPSA) is 138 Å². The Hall–Kier alpha value is -6.66. The first-order chi connectivity index (χ1) is 27.0. The Morgan fingerprint density at radius 3 is 1.96 bits per heavy atom. The molecule has 0 aliphatic carbocycles. The molecule has 11 heteroatoms. The number of hydrogen-bond donors (Lipinski definition) is 2. The average Bonchev–Trinajstić information content (AvgIpc) is 3.94. The van der Waals surface area contributed by atoms with Crippen molar-refractivity contribution >= 4 is 16.9 Å². The zero-order valence-corrected chi connectivity index (χ0v) is 31.0. The van der Waals surface area contributed by atoms with Gasteiger partial charge < -0.3 is 15.2 Å². The van der Waals surface area contributed by atoms with Crippen LogP contribution in [0.3, 0.4) is 0 Å². The zero-order valence-electron chi connectivity index (χ0n) is 31.0. The van der Waals surface area contributed by atoms with E-state index in [0.29, 0.717) is 11.1 Å². The smallest absolute Gasteiger partial charge is 0.143 e. The van der Waals surface area contributed by atoms with Gasteiger partial charge in [0.25, 0.3) is 0 Å². The molecular weight excluding hydrogens is 683 g/mol. The number of piperazine rings is 1. The van der Waals surface area contributed by atoms with Crippen LogP contribution in [0, 0.1) is 22.7 Å². The van der Waals surface area contributed by atoms with Crippen LogP contribution in [-0.2, 0) is 6.54 Å². The highest BCUT2D eigenvalue weighted by Gasteiger charge is 2.18. The number of nitriles is 2. The van der Waals surface area contributed by atoms with Gasteiger partial charge in [-0.05, 0) is 71.6 Å². The number of fused-ring (bicyclic) bond motifs is 1. The minimum atomic E-state index is -0.150. The van der Waals surface area contributed by atoms with E-state index in [1.807, 2.05) is 30.3 Å². The SMILES string of the molecule is CCN1CCN(Cc2ccc(-c3cc4c(NC(C)c5ccccc5)ncnc4[nH]3)cc2)CC1.N#Cc1ccc(C(c2ccc(C#N)cc2)n2cncn2)cc1. The number of aromatic amines is 1. The maximum Gasteiger partial charge on any atom is 0.143 e. The molecule has 0 saturated carbocycles. The van der Waals surface area contributed by atoms with Crippen LogP contribution in [-0.4, -0.2) is 72.2 Å². The number of aromatic nitrogens is 6. The van der Waals surface area contributed by atoms with E-state index in [4.69, 9.17) is 10.5 Å². The summed E-state index contributed by atoms with van der Waals surface area (Å²) < 4.78 is 1.75. The summed E-state index contributed by atoms with van der Waals surface area (Å²) in [7, 11) is 0. The number of anilines is 1. The van der Waals surface area contributed by atoms with Crippen molar-refractivity contribution in [3.8, 4) is 23.4 Å². The first-order valence-electron chi connectivity index (χ1n) is 18.5. The Morgan fingerprint density at radius 2 is 1.38 bits per heavy atom. The Kier molecular flexibility index (Phi) is 11.6. The largest absolute Gasteiger partial charge is 0.363 e. The summed E-state index contributed by atoms with van der Waals surface area (Å²) in [5.41, 5.74) is 8.87. The highest BCUT2D eigenvalue weighted by molar-refractivity contribution is 5.91. The number of H-pyrrole nitrogens is 1. The van der Waals surface area contributed by atoms with Crippen LogP contribution < -0.4 is 5.32 Å². The van der Waals surface area contributed by atoms with Crippen LogP contribution in [0.15, 0.2) is 128 Å². The van der Waals surface area contributed by atoms with Crippen molar-refractivity contribution in [3.05, 3.63) is 162 Å². The van der Waals surface area contributed by atoms with Gasteiger partial charge in [-0.25, -0.2) is 19.6 Å². The van der Waals surface area contributed by atoms with Crippen molar-refractivity contribution in [1.29, 1.82) is 10.5 Å². The fourth-order valence-corrected chi connectivity index (χ4v) is 6.88. The van der Waals surface area contributed by atoms with Crippen molar-refractivity contribution in [1.82, 2.24) is 39.5 Å². The van der Waals surface area contributed by atoms with Crippen LogP contribution in [0.1, 0.15) is 59.3 Å². The van der Waals surface area contributed by atoms with Gasteiger partial charge in [-0.3, -0.25) is 4.90 Å². The quantitative estimate of drug-likeness (QED) is 0.146. The summed E-state index contributed by atoms with van der Waals surface area (Å²) in [5, 5.41) is 26.6. The van der Waals surface area contributed by atoms with E-state index in [2.05, 4.69) is 121 Å². The van der Waals surface area contributed by atoms with E-state index in [1.165, 1.54) is 30.5 Å². The van der Waals surface area contributed by atoms with E-state index >= 15 is 0 Å². The molecular formula is C44H43N11. The van der Waals surface area contributed by atoms with Gasteiger partial charge in [0.1, 0.15) is 36.5 Å². The highest BCUT2D eigenvalue weighted by Crippen LogP contribution is 2.30. The minimum absolute atomic E-state index is 0.150.